The molecule has 0 unspecified atom stereocenters. The van der Waals surface area contributed by atoms with E-state index in [1.165, 1.54) is 11.3 Å². The molecule has 0 atom stereocenters. The van der Waals surface area contributed by atoms with E-state index in [1.54, 1.807) is 0 Å². The Hall–Kier alpha value is -2.56. The molecule has 0 aliphatic heterocycles. The SMILES string of the molecule is C=CC(=O)O.C=CC(=O)O.Cc1ccccc1N(C)C. The quantitative estimate of drug-likeness (QED) is 0.831. The van der Waals surface area contributed by atoms with Gasteiger partial charge < -0.3 is 15.1 Å². The normalized spacial score (nSPS) is 7.95. The molecule has 5 nitrogen and oxygen atoms in total. The van der Waals surface area contributed by atoms with Crippen molar-refractivity contribution < 1.29 is 19.8 Å². The lowest BCUT2D eigenvalue weighted by molar-refractivity contribution is -0.132. The van der Waals surface area contributed by atoms with Crippen molar-refractivity contribution in [2.75, 3.05) is 19.0 Å². The molecule has 5 heteroatoms. The van der Waals surface area contributed by atoms with Crippen molar-refractivity contribution in [1.82, 2.24) is 0 Å². The van der Waals surface area contributed by atoms with Gasteiger partial charge >= 0.3 is 11.9 Å². The van der Waals surface area contributed by atoms with E-state index in [2.05, 4.69) is 63.3 Å². The Morgan fingerprint density at radius 2 is 1.40 bits per heavy atom. The highest BCUT2D eigenvalue weighted by Crippen LogP contribution is 2.15. The second kappa shape index (κ2) is 11.5. The van der Waals surface area contributed by atoms with Crippen molar-refractivity contribution in [3.8, 4) is 0 Å². The molecular weight excluding hydrogens is 258 g/mol. The molecule has 0 saturated carbocycles. The molecule has 0 fully saturated rings. The summed E-state index contributed by atoms with van der Waals surface area (Å²) in [6.07, 6.45) is 1.67. The maximum absolute atomic E-state index is 9.25. The van der Waals surface area contributed by atoms with E-state index in [9.17, 15) is 9.59 Å². The molecule has 0 radical (unpaired) electrons. The van der Waals surface area contributed by atoms with Crippen LogP contribution >= 0.6 is 0 Å². The van der Waals surface area contributed by atoms with Crippen LogP contribution in [-0.2, 0) is 9.59 Å². The Balaban J connectivity index is 0. The zero-order valence-electron chi connectivity index (χ0n) is 12.0. The van der Waals surface area contributed by atoms with Crippen LogP contribution in [0.25, 0.3) is 0 Å². The number of aryl methyl sites for hydroxylation is 1. The van der Waals surface area contributed by atoms with Crippen LogP contribution in [0.4, 0.5) is 5.69 Å². The Kier molecular flexibility index (Phi) is 11.4. The molecule has 110 valence electrons. The molecule has 0 aliphatic carbocycles. The van der Waals surface area contributed by atoms with Gasteiger partial charge in [0.2, 0.25) is 0 Å². The number of para-hydroxylation sites is 1. The predicted octanol–water partition coefficient (Wildman–Crippen LogP) is 2.58. The summed E-state index contributed by atoms with van der Waals surface area (Å²) in [4.78, 5) is 20.6. The Morgan fingerprint density at radius 1 is 1.05 bits per heavy atom. The van der Waals surface area contributed by atoms with Gasteiger partial charge in [-0.25, -0.2) is 9.59 Å². The minimum Gasteiger partial charge on any atom is -0.478 e. The molecule has 0 saturated heterocycles. The van der Waals surface area contributed by atoms with Crippen LogP contribution in [0.3, 0.4) is 0 Å². The highest BCUT2D eigenvalue weighted by Gasteiger charge is 1.95. The smallest absolute Gasteiger partial charge is 0.327 e. The summed E-state index contributed by atoms with van der Waals surface area (Å²) in [6, 6.07) is 8.36. The second-order valence-electron chi connectivity index (χ2n) is 3.77. The van der Waals surface area contributed by atoms with Gasteiger partial charge in [0, 0.05) is 31.9 Å². The van der Waals surface area contributed by atoms with Crippen LogP contribution < -0.4 is 4.90 Å². The molecular formula is C15H21NO4. The van der Waals surface area contributed by atoms with E-state index < -0.39 is 11.9 Å². The van der Waals surface area contributed by atoms with Gasteiger partial charge in [0.25, 0.3) is 0 Å². The number of anilines is 1. The number of hydrogen-bond donors (Lipinski definition) is 2. The van der Waals surface area contributed by atoms with Gasteiger partial charge in [0.1, 0.15) is 0 Å². The summed E-state index contributed by atoms with van der Waals surface area (Å²) >= 11 is 0. The van der Waals surface area contributed by atoms with Crippen molar-refractivity contribution in [3.63, 3.8) is 0 Å². The van der Waals surface area contributed by atoms with Crippen molar-refractivity contribution in [2.24, 2.45) is 0 Å². The number of carbonyl (C=O) groups is 2. The molecule has 0 bridgehead atoms. The van der Waals surface area contributed by atoms with Gasteiger partial charge in [-0.3, -0.25) is 0 Å². The molecule has 1 aromatic carbocycles. The summed E-state index contributed by atoms with van der Waals surface area (Å²) in [5, 5.41) is 15.2. The summed E-state index contributed by atoms with van der Waals surface area (Å²) in [5.74, 6) is -1.96. The lowest BCUT2D eigenvalue weighted by atomic mass is 10.2. The lowest BCUT2D eigenvalue weighted by Crippen LogP contribution is -2.09. The van der Waals surface area contributed by atoms with Gasteiger partial charge in [-0.1, -0.05) is 31.4 Å². The number of nitrogens with zero attached hydrogens (tertiary/aromatic N) is 1. The average Bonchev–Trinajstić information content (AvgIpc) is 2.40. The molecule has 0 aromatic heterocycles. The summed E-state index contributed by atoms with van der Waals surface area (Å²) in [6.45, 7) is 8.04. The van der Waals surface area contributed by atoms with Gasteiger partial charge in [0.15, 0.2) is 0 Å². The highest BCUT2D eigenvalue weighted by molar-refractivity contribution is 5.79. The lowest BCUT2D eigenvalue weighted by Gasteiger charge is -2.14. The van der Waals surface area contributed by atoms with Gasteiger partial charge in [-0.15, -0.1) is 0 Å². The fourth-order valence-corrected chi connectivity index (χ4v) is 1.07. The first-order chi connectivity index (χ1) is 9.26. The standard InChI is InChI=1S/C9H13N.2C3H4O2/c1-8-6-4-5-7-9(8)10(2)3;2*1-2-3(4)5/h4-7H,1-3H3;2*2H,1H2,(H,4,5). The predicted molar refractivity (Wildman–Crippen MR) is 81.2 cm³/mol. The molecule has 1 aromatic rings. The monoisotopic (exact) mass is 279 g/mol. The molecule has 0 amide bonds. The van der Waals surface area contributed by atoms with E-state index in [0.717, 1.165) is 12.2 Å². The fraction of sp³-hybridized carbons (Fsp3) is 0.200. The largest absolute Gasteiger partial charge is 0.478 e. The Bertz CT molecular complexity index is 435. The van der Waals surface area contributed by atoms with Crippen molar-refractivity contribution >= 4 is 17.6 Å². The van der Waals surface area contributed by atoms with Gasteiger partial charge in [0.05, 0.1) is 0 Å². The highest BCUT2D eigenvalue weighted by atomic mass is 16.4. The zero-order valence-corrected chi connectivity index (χ0v) is 12.0. The average molecular weight is 279 g/mol. The third-order valence-corrected chi connectivity index (χ3v) is 1.95. The van der Waals surface area contributed by atoms with Crippen LogP contribution in [-0.4, -0.2) is 36.2 Å². The second-order valence-corrected chi connectivity index (χ2v) is 3.77. The third-order valence-electron chi connectivity index (χ3n) is 1.95. The number of rotatable bonds is 3. The van der Waals surface area contributed by atoms with Crippen LogP contribution in [0.1, 0.15) is 5.56 Å². The minimum absolute atomic E-state index is 0.833. The van der Waals surface area contributed by atoms with Crippen LogP contribution in [0, 0.1) is 6.92 Å². The number of carboxylic acid groups (broad SMARTS) is 2. The fourth-order valence-electron chi connectivity index (χ4n) is 1.07. The van der Waals surface area contributed by atoms with E-state index in [0.29, 0.717) is 0 Å². The first-order valence-corrected chi connectivity index (χ1v) is 5.69. The summed E-state index contributed by atoms with van der Waals surface area (Å²) < 4.78 is 0. The zero-order chi connectivity index (χ0) is 16.1. The van der Waals surface area contributed by atoms with E-state index in [4.69, 9.17) is 10.2 Å². The van der Waals surface area contributed by atoms with Crippen LogP contribution in [0.15, 0.2) is 49.6 Å². The van der Waals surface area contributed by atoms with Crippen LogP contribution in [0.2, 0.25) is 0 Å². The third kappa shape index (κ3) is 11.9. The molecule has 2 N–H and O–H groups in total. The molecule has 0 heterocycles. The summed E-state index contributed by atoms with van der Waals surface area (Å²) in [7, 11) is 4.12. The van der Waals surface area contributed by atoms with E-state index in [-0.39, 0.29) is 0 Å². The topological polar surface area (TPSA) is 77.8 Å². The molecule has 1 rings (SSSR count). The van der Waals surface area contributed by atoms with Crippen molar-refractivity contribution in [1.29, 1.82) is 0 Å². The molecule has 0 aliphatic rings. The Labute approximate surface area is 119 Å². The molecule has 20 heavy (non-hydrogen) atoms. The van der Waals surface area contributed by atoms with E-state index in [1.807, 2.05) is 0 Å². The maximum Gasteiger partial charge on any atom is 0.327 e. The number of carboxylic acids is 2. The number of benzene rings is 1. The van der Waals surface area contributed by atoms with Crippen molar-refractivity contribution in [3.05, 3.63) is 55.1 Å². The Morgan fingerprint density at radius 3 is 1.60 bits per heavy atom. The first kappa shape index (κ1) is 19.8. The van der Waals surface area contributed by atoms with Crippen molar-refractivity contribution in [2.45, 2.75) is 6.92 Å². The summed E-state index contributed by atoms with van der Waals surface area (Å²) in [5.41, 5.74) is 2.62. The maximum atomic E-state index is 9.25. The number of aliphatic carboxylic acids is 2. The van der Waals surface area contributed by atoms with E-state index >= 15 is 0 Å². The minimum atomic E-state index is -0.981. The van der Waals surface area contributed by atoms with Gasteiger partial charge in [-0.05, 0) is 18.6 Å². The first-order valence-electron chi connectivity index (χ1n) is 5.69. The number of hydrogen-bond acceptors (Lipinski definition) is 3. The molecule has 0 spiro atoms. The van der Waals surface area contributed by atoms with Gasteiger partial charge in [-0.2, -0.15) is 0 Å². The van der Waals surface area contributed by atoms with Crippen LogP contribution in [0.5, 0.6) is 0 Å².